The fourth-order valence-corrected chi connectivity index (χ4v) is 2.74. The van der Waals surface area contributed by atoms with Crippen molar-refractivity contribution in [1.29, 1.82) is 0 Å². The van der Waals surface area contributed by atoms with E-state index in [-0.39, 0.29) is 0 Å². The van der Waals surface area contributed by atoms with E-state index in [9.17, 15) is 0 Å². The second kappa shape index (κ2) is 8.63. The number of likely N-dealkylation sites (N-methyl/N-ethyl adjacent to an activating group) is 1. The van der Waals surface area contributed by atoms with E-state index in [1.807, 2.05) is 0 Å². The molecule has 0 aliphatic carbocycles. The first-order valence-electron chi connectivity index (χ1n) is 8.10. The Bertz CT molecular complexity index is 501. The highest BCUT2D eigenvalue weighted by molar-refractivity contribution is 5.25. The molecule has 2 aromatic carbocycles. The third-order valence-corrected chi connectivity index (χ3v) is 4.05. The van der Waals surface area contributed by atoms with Gasteiger partial charge >= 0.3 is 0 Å². The summed E-state index contributed by atoms with van der Waals surface area (Å²) in [4.78, 5) is 0. The van der Waals surface area contributed by atoms with Crippen LogP contribution in [0.1, 0.15) is 42.4 Å². The van der Waals surface area contributed by atoms with E-state index in [2.05, 4.69) is 73.8 Å². The summed E-state index contributed by atoms with van der Waals surface area (Å²) >= 11 is 0. The molecule has 1 nitrogen and oxygen atoms in total. The van der Waals surface area contributed by atoms with Crippen LogP contribution in [0.5, 0.6) is 0 Å². The number of hydrogen-bond acceptors (Lipinski definition) is 1. The average Bonchev–Trinajstić information content (AvgIpc) is 2.53. The van der Waals surface area contributed by atoms with Crippen molar-refractivity contribution in [3.8, 4) is 0 Å². The van der Waals surface area contributed by atoms with Gasteiger partial charge in [0.25, 0.3) is 0 Å². The maximum absolute atomic E-state index is 3.51. The summed E-state index contributed by atoms with van der Waals surface area (Å²) in [5, 5.41) is 3.51. The maximum atomic E-state index is 3.51. The number of hydrogen-bond donors (Lipinski definition) is 1. The van der Waals surface area contributed by atoms with Crippen molar-refractivity contribution >= 4 is 0 Å². The fourth-order valence-electron chi connectivity index (χ4n) is 2.74. The molecule has 1 unspecified atom stereocenters. The highest BCUT2D eigenvalue weighted by Gasteiger charge is 2.10. The number of nitrogens with one attached hydrogen (secondary N) is 1. The smallest absolute Gasteiger partial charge is 0.00200 e. The monoisotopic (exact) mass is 281 g/mol. The molecule has 0 bridgehead atoms. The fraction of sp³-hybridized carbons (Fsp3) is 0.400. The van der Waals surface area contributed by atoms with Crippen molar-refractivity contribution in [3.05, 3.63) is 71.3 Å². The Labute approximate surface area is 129 Å². The molecule has 0 aromatic heterocycles. The Morgan fingerprint density at radius 2 is 1.67 bits per heavy atom. The molecule has 0 spiro atoms. The molecule has 1 heteroatoms. The molecule has 1 N–H and O–H groups in total. The SMILES string of the molecule is CCNCC(CCCc1ccccc1)c1ccc(C)cc1. The third kappa shape index (κ3) is 5.35. The van der Waals surface area contributed by atoms with Crippen LogP contribution in [0.3, 0.4) is 0 Å². The molecule has 2 aromatic rings. The van der Waals surface area contributed by atoms with Crippen LogP contribution >= 0.6 is 0 Å². The van der Waals surface area contributed by atoms with Gasteiger partial charge in [-0.15, -0.1) is 0 Å². The predicted molar refractivity (Wildman–Crippen MR) is 91.8 cm³/mol. The van der Waals surface area contributed by atoms with E-state index in [4.69, 9.17) is 0 Å². The van der Waals surface area contributed by atoms with Crippen LogP contribution in [0.15, 0.2) is 54.6 Å². The minimum Gasteiger partial charge on any atom is -0.316 e. The van der Waals surface area contributed by atoms with Gasteiger partial charge in [0.2, 0.25) is 0 Å². The summed E-state index contributed by atoms with van der Waals surface area (Å²) in [7, 11) is 0. The lowest BCUT2D eigenvalue weighted by Crippen LogP contribution is -2.21. The zero-order valence-electron chi connectivity index (χ0n) is 13.3. The van der Waals surface area contributed by atoms with Gasteiger partial charge in [-0.3, -0.25) is 0 Å². The first-order valence-corrected chi connectivity index (χ1v) is 8.10. The molecule has 2 rings (SSSR count). The van der Waals surface area contributed by atoms with Gasteiger partial charge in [-0.05, 0) is 49.8 Å². The van der Waals surface area contributed by atoms with E-state index in [1.165, 1.54) is 36.0 Å². The molecule has 112 valence electrons. The van der Waals surface area contributed by atoms with E-state index in [0.29, 0.717) is 5.92 Å². The third-order valence-electron chi connectivity index (χ3n) is 4.05. The van der Waals surface area contributed by atoms with Crippen LogP contribution in [0, 0.1) is 6.92 Å². The van der Waals surface area contributed by atoms with Crippen molar-refractivity contribution in [2.75, 3.05) is 13.1 Å². The molecule has 0 aliphatic rings. The molecule has 21 heavy (non-hydrogen) atoms. The topological polar surface area (TPSA) is 12.0 Å². The Kier molecular flexibility index (Phi) is 6.49. The summed E-state index contributed by atoms with van der Waals surface area (Å²) in [5.41, 5.74) is 4.25. The van der Waals surface area contributed by atoms with E-state index in [0.717, 1.165) is 13.1 Å². The van der Waals surface area contributed by atoms with Crippen molar-refractivity contribution in [2.24, 2.45) is 0 Å². The first kappa shape index (κ1) is 15.8. The lowest BCUT2D eigenvalue weighted by Gasteiger charge is -2.18. The Morgan fingerprint density at radius 3 is 2.33 bits per heavy atom. The summed E-state index contributed by atoms with van der Waals surface area (Å²) in [6.07, 6.45) is 3.66. The first-order chi connectivity index (χ1) is 10.3. The van der Waals surface area contributed by atoms with Gasteiger partial charge in [0, 0.05) is 6.54 Å². The molecule has 0 aliphatic heterocycles. The molecule has 0 radical (unpaired) electrons. The Balaban J connectivity index is 1.91. The van der Waals surface area contributed by atoms with Gasteiger partial charge in [0.1, 0.15) is 0 Å². The van der Waals surface area contributed by atoms with E-state index < -0.39 is 0 Å². The van der Waals surface area contributed by atoms with Gasteiger partial charge in [0.05, 0.1) is 0 Å². The van der Waals surface area contributed by atoms with Crippen LogP contribution in [0.25, 0.3) is 0 Å². The standard InChI is InChI=1S/C20H27N/c1-3-21-16-20(19-14-12-17(2)13-15-19)11-7-10-18-8-5-4-6-9-18/h4-6,8-9,12-15,20-21H,3,7,10-11,16H2,1-2H3. The quantitative estimate of drug-likeness (QED) is 0.739. The Hall–Kier alpha value is -1.60. The van der Waals surface area contributed by atoms with E-state index in [1.54, 1.807) is 0 Å². The minimum absolute atomic E-state index is 0.620. The summed E-state index contributed by atoms with van der Waals surface area (Å²) in [6.45, 7) is 6.45. The number of benzene rings is 2. The van der Waals surface area contributed by atoms with Gasteiger partial charge in [0.15, 0.2) is 0 Å². The molecule has 0 heterocycles. The van der Waals surface area contributed by atoms with Crippen LogP contribution in [-0.2, 0) is 6.42 Å². The van der Waals surface area contributed by atoms with Gasteiger partial charge in [-0.2, -0.15) is 0 Å². The molecule has 0 fully saturated rings. The highest BCUT2D eigenvalue weighted by atomic mass is 14.8. The zero-order chi connectivity index (χ0) is 14.9. The molecule has 0 saturated carbocycles. The van der Waals surface area contributed by atoms with Crippen molar-refractivity contribution in [3.63, 3.8) is 0 Å². The molecular formula is C20H27N. The zero-order valence-corrected chi connectivity index (χ0v) is 13.3. The van der Waals surface area contributed by atoms with Gasteiger partial charge in [-0.1, -0.05) is 67.1 Å². The van der Waals surface area contributed by atoms with Crippen LogP contribution in [0.4, 0.5) is 0 Å². The lowest BCUT2D eigenvalue weighted by atomic mass is 9.92. The highest BCUT2D eigenvalue weighted by Crippen LogP contribution is 2.22. The second-order valence-corrected chi connectivity index (χ2v) is 5.79. The summed E-state index contributed by atoms with van der Waals surface area (Å²) in [6, 6.07) is 19.8. The van der Waals surface area contributed by atoms with Gasteiger partial charge < -0.3 is 5.32 Å². The minimum atomic E-state index is 0.620. The van der Waals surface area contributed by atoms with E-state index >= 15 is 0 Å². The summed E-state index contributed by atoms with van der Waals surface area (Å²) < 4.78 is 0. The molecular weight excluding hydrogens is 254 g/mol. The van der Waals surface area contributed by atoms with Crippen LogP contribution in [-0.4, -0.2) is 13.1 Å². The average molecular weight is 281 g/mol. The predicted octanol–water partition coefficient (Wildman–Crippen LogP) is 4.71. The van der Waals surface area contributed by atoms with Crippen molar-refractivity contribution < 1.29 is 0 Å². The number of aryl methyl sites for hydroxylation is 2. The van der Waals surface area contributed by atoms with Crippen molar-refractivity contribution in [2.45, 2.75) is 39.0 Å². The van der Waals surface area contributed by atoms with Crippen molar-refractivity contribution in [1.82, 2.24) is 5.32 Å². The normalized spacial score (nSPS) is 12.3. The lowest BCUT2D eigenvalue weighted by molar-refractivity contribution is 0.542. The van der Waals surface area contributed by atoms with Gasteiger partial charge in [-0.25, -0.2) is 0 Å². The molecule has 0 amide bonds. The largest absolute Gasteiger partial charge is 0.316 e. The maximum Gasteiger partial charge on any atom is 0.00200 e. The number of rotatable bonds is 8. The van der Waals surface area contributed by atoms with Crippen LogP contribution < -0.4 is 5.32 Å². The second-order valence-electron chi connectivity index (χ2n) is 5.79. The molecule has 1 atom stereocenters. The Morgan fingerprint density at radius 1 is 0.952 bits per heavy atom. The summed E-state index contributed by atoms with van der Waals surface area (Å²) in [5.74, 6) is 0.620. The van der Waals surface area contributed by atoms with Crippen LogP contribution in [0.2, 0.25) is 0 Å². The molecule has 0 saturated heterocycles.